The van der Waals surface area contributed by atoms with E-state index in [1.54, 1.807) is 0 Å². The van der Waals surface area contributed by atoms with Gasteiger partial charge in [-0.15, -0.1) is 0 Å². The van der Waals surface area contributed by atoms with Crippen LogP contribution in [0.25, 0.3) is 5.53 Å². The van der Waals surface area contributed by atoms with E-state index in [1.807, 2.05) is 0 Å². The highest BCUT2D eigenvalue weighted by atomic mass is 16.1. The lowest BCUT2D eigenvalue weighted by atomic mass is 10.4. The number of hydrogen-bond donors (Lipinski definition) is 0. The van der Waals surface area contributed by atoms with Gasteiger partial charge in [0.15, 0.2) is 5.78 Å². The van der Waals surface area contributed by atoms with Crippen LogP contribution in [-0.2, 0) is 4.79 Å². The van der Waals surface area contributed by atoms with E-state index in [0.29, 0.717) is 0 Å². The third-order valence-electron chi connectivity index (χ3n) is 0.484. The number of allylic oxidation sites excluding steroid dienone is 2. The Kier molecular flexibility index (Phi) is 3.36. The Hall–Kier alpha value is -1.21. The van der Waals surface area contributed by atoms with Gasteiger partial charge in [0.2, 0.25) is 0 Å². The smallest absolute Gasteiger partial charge is 0.280 e. The SMILES string of the molecule is CC(=O)/C=C/C=[N+]=[N-]. The number of hydrogen-bond acceptors (Lipinski definition) is 1. The molecule has 0 bridgehead atoms. The van der Waals surface area contributed by atoms with Crippen LogP contribution in [0.15, 0.2) is 12.2 Å². The van der Waals surface area contributed by atoms with Crippen molar-refractivity contribution in [1.82, 2.24) is 0 Å². The molecule has 0 rings (SSSR count). The summed E-state index contributed by atoms with van der Waals surface area (Å²) >= 11 is 0. The van der Waals surface area contributed by atoms with E-state index < -0.39 is 0 Å². The van der Waals surface area contributed by atoms with Gasteiger partial charge in [-0.05, 0) is 13.0 Å². The molecule has 8 heavy (non-hydrogen) atoms. The lowest BCUT2D eigenvalue weighted by Crippen LogP contribution is -1.79. The topological polar surface area (TPSA) is 53.5 Å². The zero-order chi connectivity index (χ0) is 6.41. The monoisotopic (exact) mass is 110 g/mol. The molecule has 0 N–H and O–H groups in total. The second kappa shape index (κ2) is 3.96. The number of carbonyl (C=O) groups is 1. The number of nitrogens with zero attached hydrogens (tertiary/aromatic N) is 2. The fourth-order valence-electron chi connectivity index (χ4n) is 0.217. The molecular weight excluding hydrogens is 104 g/mol. The Bertz CT molecular complexity index is 150. The van der Waals surface area contributed by atoms with E-state index >= 15 is 0 Å². The number of carbonyl (C=O) groups excluding carboxylic acids is 1. The van der Waals surface area contributed by atoms with E-state index in [4.69, 9.17) is 5.53 Å². The second-order valence-electron chi connectivity index (χ2n) is 1.23. The molecule has 42 valence electrons. The maximum atomic E-state index is 10.1. The van der Waals surface area contributed by atoms with Crippen LogP contribution < -0.4 is 0 Å². The van der Waals surface area contributed by atoms with Crippen molar-refractivity contribution in [3.63, 3.8) is 0 Å². The second-order valence-corrected chi connectivity index (χ2v) is 1.23. The Morgan fingerprint density at radius 1 is 1.75 bits per heavy atom. The molecular formula is C5H6N2O. The standard InChI is InChI=1S/C5H6N2O/c1-5(8)3-2-4-7-6/h2-4H,1H3/b3-2+. The first kappa shape index (κ1) is 6.79. The zero-order valence-corrected chi connectivity index (χ0v) is 4.53. The Morgan fingerprint density at radius 3 is 2.75 bits per heavy atom. The highest BCUT2D eigenvalue weighted by molar-refractivity contribution is 5.90. The van der Waals surface area contributed by atoms with Gasteiger partial charge in [0.25, 0.3) is 6.21 Å². The molecule has 0 unspecified atom stereocenters. The maximum Gasteiger partial charge on any atom is 0.280 e. The van der Waals surface area contributed by atoms with Crippen molar-refractivity contribution < 1.29 is 9.58 Å². The molecule has 0 saturated heterocycles. The molecule has 0 aromatic heterocycles. The van der Waals surface area contributed by atoms with E-state index in [0.717, 1.165) is 6.21 Å². The molecule has 0 amide bonds. The van der Waals surface area contributed by atoms with Crippen molar-refractivity contribution >= 4 is 12.0 Å². The summed E-state index contributed by atoms with van der Waals surface area (Å²) in [6.45, 7) is 1.42. The average Bonchev–Trinajstić information content (AvgIpc) is 1.66. The summed E-state index contributed by atoms with van der Waals surface area (Å²) in [4.78, 5) is 12.7. The first-order valence-electron chi connectivity index (χ1n) is 2.12. The summed E-state index contributed by atoms with van der Waals surface area (Å²) in [5.74, 6) is -0.0649. The largest absolute Gasteiger partial charge is 0.362 e. The molecule has 3 nitrogen and oxygen atoms in total. The van der Waals surface area contributed by atoms with E-state index in [1.165, 1.54) is 19.1 Å². The van der Waals surface area contributed by atoms with Crippen LogP contribution in [0.2, 0.25) is 0 Å². The van der Waals surface area contributed by atoms with E-state index in [9.17, 15) is 4.79 Å². The van der Waals surface area contributed by atoms with Gasteiger partial charge in [0.05, 0.1) is 0 Å². The van der Waals surface area contributed by atoms with Crippen molar-refractivity contribution in [3.05, 3.63) is 17.7 Å². The van der Waals surface area contributed by atoms with Gasteiger partial charge >= 0.3 is 0 Å². The molecule has 0 heterocycles. The molecule has 0 spiro atoms. The van der Waals surface area contributed by atoms with Crippen LogP contribution in [0.3, 0.4) is 0 Å². The molecule has 0 aromatic carbocycles. The van der Waals surface area contributed by atoms with Crippen LogP contribution in [0.5, 0.6) is 0 Å². The van der Waals surface area contributed by atoms with Gasteiger partial charge in [-0.1, -0.05) is 0 Å². The Morgan fingerprint density at radius 2 is 2.38 bits per heavy atom. The third kappa shape index (κ3) is 4.79. The van der Waals surface area contributed by atoms with Crippen molar-refractivity contribution in [2.24, 2.45) is 0 Å². The molecule has 0 radical (unpaired) electrons. The molecule has 0 fully saturated rings. The molecule has 0 aromatic rings. The van der Waals surface area contributed by atoms with Crippen LogP contribution in [0.4, 0.5) is 0 Å². The predicted octanol–water partition coefficient (Wildman–Crippen LogP) is 0.432. The van der Waals surface area contributed by atoms with Crippen LogP contribution >= 0.6 is 0 Å². The molecule has 0 aliphatic carbocycles. The van der Waals surface area contributed by atoms with Gasteiger partial charge in [-0.3, -0.25) is 4.79 Å². The lowest BCUT2D eigenvalue weighted by molar-refractivity contribution is -0.112. The van der Waals surface area contributed by atoms with Crippen molar-refractivity contribution in [2.75, 3.05) is 0 Å². The summed E-state index contributed by atoms with van der Waals surface area (Å²) in [5, 5.41) is 0. The highest BCUT2D eigenvalue weighted by Gasteiger charge is 1.77. The van der Waals surface area contributed by atoms with Gasteiger partial charge in [0.1, 0.15) is 0 Å². The first-order valence-corrected chi connectivity index (χ1v) is 2.12. The fraction of sp³-hybridized carbons (Fsp3) is 0.200. The molecule has 0 saturated carbocycles. The minimum absolute atomic E-state index is 0.0649. The summed E-state index contributed by atoms with van der Waals surface area (Å²) in [5.41, 5.74) is 7.79. The molecule has 0 aliphatic rings. The average molecular weight is 110 g/mol. The lowest BCUT2D eigenvalue weighted by Gasteiger charge is -1.67. The van der Waals surface area contributed by atoms with E-state index in [2.05, 4.69) is 4.79 Å². The molecule has 3 heteroatoms. The van der Waals surface area contributed by atoms with Gasteiger partial charge in [-0.25, -0.2) is 0 Å². The van der Waals surface area contributed by atoms with E-state index in [-0.39, 0.29) is 5.78 Å². The summed E-state index contributed by atoms with van der Waals surface area (Å²) in [6.07, 6.45) is 3.80. The number of ketones is 1. The molecule has 0 atom stereocenters. The summed E-state index contributed by atoms with van der Waals surface area (Å²) in [7, 11) is 0. The summed E-state index contributed by atoms with van der Waals surface area (Å²) in [6, 6.07) is 0. The van der Waals surface area contributed by atoms with Crippen molar-refractivity contribution in [1.29, 1.82) is 0 Å². The minimum Gasteiger partial charge on any atom is -0.362 e. The fourth-order valence-corrected chi connectivity index (χ4v) is 0.217. The minimum atomic E-state index is -0.0649. The van der Waals surface area contributed by atoms with Crippen LogP contribution in [-0.4, -0.2) is 16.8 Å². The summed E-state index contributed by atoms with van der Waals surface area (Å²) < 4.78 is 0. The maximum absolute atomic E-state index is 10.1. The Labute approximate surface area is 47.3 Å². The normalized spacial score (nSPS) is 8.62. The number of rotatable bonds is 2. The zero-order valence-electron chi connectivity index (χ0n) is 4.53. The third-order valence-corrected chi connectivity index (χ3v) is 0.484. The van der Waals surface area contributed by atoms with Crippen molar-refractivity contribution in [2.45, 2.75) is 6.92 Å². The Balaban J connectivity index is 3.67. The van der Waals surface area contributed by atoms with Crippen LogP contribution in [0.1, 0.15) is 6.92 Å². The van der Waals surface area contributed by atoms with Gasteiger partial charge in [-0.2, -0.15) is 4.79 Å². The van der Waals surface area contributed by atoms with Gasteiger partial charge < -0.3 is 5.53 Å². The quantitative estimate of drug-likeness (QED) is 0.220. The van der Waals surface area contributed by atoms with Gasteiger partial charge in [0, 0.05) is 6.08 Å². The van der Waals surface area contributed by atoms with Crippen LogP contribution in [0, 0.1) is 0 Å². The predicted molar refractivity (Wildman–Crippen MR) is 29.5 cm³/mol. The first-order chi connectivity index (χ1) is 3.77. The molecule has 0 aliphatic heterocycles. The highest BCUT2D eigenvalue weighted by Crippen LogP contribution is 1.68. The van der Waals surface area contributed by atoms with Crippen molar-refractivity contribution in [3.8, 4) is 0 Å².